The zero-order valence-electron chi connectivity index (χ0n) is 19.1. The molecule has 2 aromatic rings. The molecule has 0 saturated carbocycles. The van der Waals surface area contributed by atoms with Gasteiger partial charge in [0.05, 0.1) is 19.7 Å². The lowest BCUT2D eigenvalue weighted by molar-refractivity contribution is -0.133. The number of ether oxygens (including phenoxy) is 1. The average Bonchev–Trinajstić information content (AvgIpc) is 3.28. The van der Waals surface area contributed by atoms with Gasteiger partial charge in [0.25, 0.3) is 0 Å². The molecule has 0 bridgehead atoms. The molecule has 1 aromatic heterocycles. The minimum Gasteiger partial charge on any atom is -0.496 e. The molecule has 3 heterocycles. The maximum Gasteiger partial charge on any atom is 0.242 e. The Labute approximate surface area is 189 Å². The van der Waals surface area contributed by atoms with Crippen molar-refractivity contribution in [3.05, 3.63) is 46.9 Å². The number of fused-ring (bicyclic) bond motifs is 1. The molecule has 1 saturated heterocycles. The fraction of sp³-hybridized carbons (Fsp3) is 0.500. The summed E-state index contributed by atoms with van der Waals surface area (Å²) in [4.78, 5) is 37.9. The zero-order valence-corrected chi connectivity index (χ0v) is 19.1. The molecule has 170 valence electrons. The lowest BCUT2D eigenvalue weighted by Gasteiger charge is -2.33. The van der Waals surface area contributed by atoms with E-state index in [9.17, 15) is 9.59 Å². The Kier molecular flexibility index (Phi) is 6.58. The molecule has 4 rings (SSSR count). The molecule has 1 fully saturated rings. The van der Waals surface area contributed by atoms with Gasteiger partial charge in [-0.15, -0.1) is 0 Å². The second-order valence-electron chi connectivity index (χ2n) is 8.46. The largest absolute Gasteiger partial charge is 0.496 e. The van der Waals surface area contributed by atoms with Gasteiger partial charge < -0.3 is 19.9 Å². The van der Waals surface area contributed by atoms with Crippen molar-refractivity contribution < 1.29 is 14.3 Å². The highest BCUT2D eigenvalue weighted by atomic mass is 16.5. The number of anilines is 1. The topological polar surface area (TPSA) is 87.7 Å². The number of carbonyl (C=O) groups is 2. The third-order valence-electron chi connectivity index (χ3n) is 6.28. The van der Waals surface area contributed by atoms with Crippen molar-refractivity contribution in [2.24, 2.45) is 0 Å². The van der Waals surface area contributed by atoms with E-state index in [1.54, 1.807) is 7.11 Å². The Morgan fingerprint density at radius 2 is 2.00 bits per heavy atom. The molecule has 0 spiro atoms. The number of hydrogen-bond donors (Lipinski definition) is 1. The third-order valence-corrected chi connectivity index (χ3v) is 6.28. The van der Waals surface area contributed by atoms with Crippen molar-refractivity contribution in [2.45, 2.75) is 52.1 Å². The molecule has 32 heavy (non-hydrogen) atoms. The molecule has 1 N–H and O–H groups in total. The maximum absolute atomic E-state index is 12.7. The summed E-state index contributed by atoms with van der Waals surface area (Å²) in [5.74, 6) is 2.23. The Morgan fingerprint density at radius 3 is 2.78 bits per heavy atom. The fourth-order valence-corrected chi connectivity index (χ4v) is 4.69. The molecular formula is C24H31N5O3. The van der Waals surface area contributed by atoms with Crippen LogP contribution < -0.4 is 15.0 Å². The van der Waals surface area contributed by atoms with E-state index in [4.69, 9.17) is 14.7 Å². The lowest BCUT2D eigenvalue weighted by Crippen LogP contribution is -2.40. The molecule has 0 aliphatic carbocycles. The van der Waals surface area contributed by atoms with Crippen molar-refractivity contribution in [2.75, 3.05) is 31.6 Å². The van der Waals surface area contributed by atoms with E-state index in [1.807, 2.05) is 30.0 Å². The third kappa shape index (κ3) is 4.54. The quantitative estimate of drug-likeness (QED) is 0.747. The number of aryl methyl sites for hydroxylation is 1. The highest BCUT2D eigenvalue weighted by molar-refractivity contribution is 5.84. The Morgan fingerprint density at radius 1 is 1.19 bits per heavy atom. The van der Waals surface area contributed by atoms with Crippen LogP contribution in [-0.2, 0) is 22.6 Å². The number of amides is 2. The molecule has 0 unspecified atom stereocenters. The zero-order chi connectivity index (χ0) is 22.7. The first kappa shape index (κ1) is 22.0. The first-order valence-corrected chi connectivity index (χ1v) is 11.3. The van der Waals surface area contributed by atoms with Crippen LogP contribution in [-0.4, -0.2) is 53.4 Å². The van der Waals surface area contributed by atoms with Crippen LogP contribution in [0.25, 0.3) is 0 Å². The van der Waals surface area contributed by atoms with E-state index in [1.165, 1.54) is 12.5 Å². The van der Waals surface area contributed by atoms with E-state index in [0.29, 0.717) is 18.9 Å². The standard InChI is InChI=1S/C24H31N5O3/c1-16-19-9-6-12-28(15-18-8-4-5-11-21(18)32-3)24(19)27-23(26-16)20-10-7-13-29(20)22(31)14-25-17(2)30/h4-5,8,11,20H,6-7,9-10,12-15H2,1-3H3,(H,25,30)/t20-/m1/s1. The van der Waals surface area contributed by atoms with Gasteiger partial charge >= 0.3 is 0 Å². The highest BCUT2D eigenvalue weighted by Crippen LogP contribution is 2.35. The predicted molar refractivity (Wildman–Crippen MR) is 122 cm³/mol. The summed E-state index contributed by atoms with van der Waals surface area (Å²) in [5, 5.41) is 2.61. The summed E-state index contributed by atoms with van der Waals surface area (Å²) in [5.41, 5.74) is 3.29. The van der Waals surface area contributed by atoms with Crippen LogP contribution in [0.1, 0.15) is 54.9 Å². The van der Waals surface area contributed by atoms with Gasteiger partial charge in [0, 0.05) is 43.4 Å². The number of nitrogens with zero attached hydrogens (tertiary/aromatic N) is 4. The smallest absolute Gasteiger partial charge is 0.242 e. The van der Waals surface area contributed by atoms with E-state index in [-0.39, 0.29) is 24.4 Å². The number of aromatic nitrogens is 2. The summed E-state index contributed by atoms with van der Waals surface area (Å²) in [7, 11) is 1.69. The molecule has 8 heteroatoms. The first-order valence-electron chi connectivity index (χ1n) is 11.3. The summed E-state index contributed by atoms with van der Waals surface area (Å²) < 4.78 is 5.55. The molecule has 2 aliphatic heterocycles. The van der Waals surface area contributed by atoms with Gasteiger partial charge in [-0.1, -0.05) is 18.2 Å². The van der Waals surface area contributed by atoms with Gasteiger partial charge in [-0.2, -0.15) is 0 Å². The van der Waals surface area contributed by atoms with Crippen LogP contribution >= 0.6 is 0 Å². The fourth-order valence-electron chi connectivity index (χ4n) is 4.69. The Balaban J connectivity index is 1.62. The van der Waals surface area contributed by atoms with Crippen LogP contribution in [0.15, 0.2) is 24.3 Å². The number of carbonyl (C=O) groups excluding carboxylic acids is 2. The lowest BCUT2D eigenvalue weighted by atomic mass is 10.0. The SMILES string of the molecule is COc1ccccc1CN1CCCc2c(C)nc([C@H]3CCCN3C(=O)CNC(C)=O)nc21. The van der Waals surface area contributed by atoms with E-state index >= 15 is 0 Å². The number of para-hydroxylation sites is 1. The molecule has 8 nitrogen and oxygen atoms in total. The molecule has 0 radical (unpaired) electrons. The predicted octanol–water partition coefficient (Wildman–Crippen LogP) is 2.55. The van der Waals surface area contributed by atoms with Crippen LogP contribution in [0, 0.1) is 6.92 Å². The minimum atomic E-state index is -0.207. The monoisotopic (exact) mass is 437 g/mol. The summed E-state index contributed by atoms with van der Waals surface area (Å²) in [6.07, 6.45) is 3.74. The van der Waals surface area contributed by atoms with Crippen LogP contribution in [0.3, 0.4) is 0 Å². The number of rotatable bonds is 6. The van der Waals surface area contributed by atoms with Gasteiger partial charge in [0.2, 0.25) is 11.8 Å². The average molecular weight is 438 g/mol. The molecule has 2 aliphatic rings. The van der Waals surface area contributed by atoms with E-state index < -0.39 is 0 Å². The van der Waals surface area contributed by atoms with Crippen molar-refractivity contribution in [1.82, 2.24) is 20.2 Å². The number of likely N-dealkylation sites (tertiary alicyclic amines) is 1. The van der Waals surface area contributed by atoms with Gasteiger partial charge in [-0.25, -0.2) is 9.97 Å². The highest BCUT2D eigenvalue weighted by Gasteiger charge is 2.33. The Bertz CT molecular complexity index is 1010. The van der Waals surface area contributed by atoms with Gasteiger partial charge in [-0.3, -0.25) is 9.59 Å². The number of benzene rings is 1. The van der Waals surface area contributed by atoms with Crippen molar-refractivity contribution in [1.29, 1.82) is 0 Å². The molecule has 1 atom stereocenters. The number of hydrogen-bond acceptors (Lipinski definition) is 6. The molecule has 1 aromatic carbocycles. The number of nitrogens with one attached hydrogen (secondary N) is 1. The summed E-state index contributed by atoms with van der Waals surface area (Å²) in [6, 6.07) is 7.91. The second-order valence-corrected chi connectivity index (χ2v) is 8.46. The van der Waals surface area contributed by atoms with E-state index in [0.717, 1.165) is 55.1 Å². The van der Waals surface area contributed by atoms with Gasteiger partial charge in [-0.05, 0) is 38.7 Å². The summed E-state index contributed by atoms with van der Waals surface area (Å²) in [6.45, 7) is 5.75. The second kappa shape index (κ2) is 9.54. The maximum atomic E-state index is 12.7. The number of methoxy groups -OCH3 is 1. The van der Waals surface area contributed by atoms with Crippen molar-refractivity contribution in [3.63, 3.8) is 0 Å². The van der Waals surface area contributed by atoms with Gasteiger partial charge in [0.15, 0.2) is 5.82 Å². The van der Waals surface area contributed by atoms with Crippen LogP contribution in [0.4, 0.5) is 5.82 Å². The molecular weight excluding hydrogens is 406 g/mol. The first-order chi connectivity index (χ1) is 15.5. The molecule has 2 amide bonds. The Hall–Kier alpha value is -3.16. The van der Waals surface area contributed by atoms with Gasteiger partial charge in [0.1, 0.15) is 11.6 Å². The van der Waals surface area contributed by atoms with Crippen molar-refractivity contribution in [3.8, 4) is 5.75 Å². The summed E-state index contributed by atoms with van der Waals surface area (Å²) >= 11 is 0. The van der Waals surface area contributed by atoms with Crippen LogP contribution in [0.2, 0.25) is 0 Å². The van der Waals surface area contributed by atoms with E-state index in [2.05, 4.69) is 16.3 Å². The minimum absolute atomic E-state index is 0.00961. The van der Waals surface area contributed by atoms with Crippen LogP contribution in [0.5, 0.6) is 5.75 Å². The van der Waals surface area contributed by atoms with Crippen molar-refractivity contribution >= 4 is 17.6 Å². The normalized spacial score (nSPS) is 17.8.